The number of hydrogen-bond acceptors (Lipinski definition) is 4. The molecule has 1 heterocycles. The van der Waals surface area contributed by atoms with Gasteiger partial charge in [0.05, 0.1) is 22.4 Å². The molecule has 0 aliphatic rings. The molecule has 28 heavy (non-hydrogen) atoms. The van der Waals surface area contributed by atoms with Gasteiger partial charge in [0.15, 0.2) is 0 Å². The lowest BCUT2D eigenvalue weighted by atomic mass is 10.1. The first-order valence-electron chi connectivity index (χ1n) is 8.84. The summed E-state index contributed by atoms with van der Waals surface area (Å²) in [4.78, 5) is 17.4. The number of thiazole rings is 1. The van der Waals surface area contributed by atoms with E-state index in [1.54, 1.807) is 23.5 Å². The summed E-state index contributed by atoms with van der Waals surface area (Å²) in [5.74, 6) is 0.354. The van der Waals surface area contributed by atoms with E-state index in [0.29, 0.717) is 17.9 Å². The van der Waals surface area contributed by atoms with Crippen LogP contribution in [-0.2, 0) is 0 Å². The predicted molar refractivity (Wildman–Crippen MR) is 118 cm³/mol. The Hall–Kier alpha value is -2.70. The van der Waals surface area contributed by atoms with Crippen LogP contribution in [0, 0.1) is 0 Å². The number of fused-ring (bicyclic) bond motifs is 1. The minimum Gasteiger partial charge on any atom is -0.493 e. The molecule has 0 atom stereocenters. The Morgan fingerprint density at radius 3 is 2.64 bits per heavy atom. The minimum absolute atomic E-state index is 0.211. The maximum atomic E-state index is 12.7. The maximum Gasteiger partial charge on any atom is 0.259 e. The molecule has 4 nitrogen and oxygen atoms in total. The lowest BCUT2D eigenvalue weighted by Gasteiger charge is -2.11. The van der Waals surface area contributed by atoms with Gasteiger partial charge in [-0.2, -0.15) is 0 Å². The van der Waals surface area contributed by atoms with Gasteiger partial charge in [-0.3, -0.25) is 4.79 Å². The van der Waals surface area contributed by atoms with E-state index in [4.69, 9.17) is 4.74 Å². The second-order valence-corrected chi connectivity index (χ2v) is 8.04. The number of carbonyl (C=O) groups is 1. The third-order valence-electron chi connectivity index (χ3n) is 4.17. The maximum absolute atomic E-state index is 12.7. The Kier molecular flexibility index (Phi) is 5.41. The third kappa shape index (κ3) is 3.93. The highest BCUT2D eigenvalue weighted by atomic mass is 79.9. The topological polar surface area (TPSA) is 51.2 Å². The van der Waals surface area contributed by atoms with Crippen LogP contribution in [0.1, 0.15) is 17.3 Å². The lowest BCUT2D eigenvalue weighted by Crippen LogP contribution is -2.13. The molecule has 0 unspecified atom stereocenters. The summed E-state index contributed by atoms with van der Waals surface area (Å²) in [6.45, 7) is 2.39. The van der Waals surface area contributed by atoms with Crippen LogP contribution in [0.25, 0.3) is 20.8 Å². The number of amides is 1. The Morgan fingerprint density at radius 2 is 1.89 bits per heavy atom. The van der Waals surface area contributed by atoms with Gasteiger partial charge in [-0.1, -0.05) is 28.1 Å². The van der Waals surface area contributed by atoms with Crippen molar-refractivity contribution in [3.8, 4) is 16.3 Å². The van der Waals surface area contributed by atoms with Crippen LogP contribution in [0.2, 0.25) is 0 Å². The van der Waals surface area contributed by atoms with Crippen molar-refractivity contribution >= 4 is 49.1 Å². The number of hydrogen-bond donors (Lipinski definition) is 1. The smallest absolute Gasteiger partial charge is 0.259 e. The third-order valence-corrected chi connectivity index (χ3v) is 5.75. The van der Waals surface area contributed by atoms with Crippen molar-refractivity contribution in [1.29, 1.82) is 0 Å². The van der Waals surface area contributed by atoms with Crippen LogP contribution in [0.4, 0.5) is 5.69 Å². The summed E-state index contributed by atoms with van der Waals surface area (Å²) in [6.07, 6.45) is 0. The van der Waals surface area contributed by atoms with Crippen LogP contribution < -0.4 is 10.1 Å². The van der Waals surface area contributed by atoms with E-state index in [9.17, 15) is 4.79 Å². The van der Waals surface area contributed by atoms with E-state index >= 15 is 0 Å². The fourth-order valence-electron chi connectivity index (χ4n) is 2.85. The number of para-hydroxylation sites is 1. The molecule has 3 aromatic carbocycles. The fraction of sp³-hybridized carbons (Fsp3) is 0.0909. The second-order valence-electron chi connectivity index (χ2n) is 6.09. The molecule has 4 rings (SSSR count). The van der Waals surface area contributed by atoms with Crippen molar-refractivity contribution in [1.82, 2.24) is 4.98 Å². The first-order chi connectivity index (χ1) is 13.6. The van der Waals surface area contributed by atoms with E-state index in [2.05, 4.69) is 32.3 Å². The summed E-state index contributed by atoms with van der Waals surface area (Å²) in [6, 6.07) is 21.2. The van der Waals surface area contributed by atoms with E-state index in [1.807, 2.05) is 55.5 Å². The van der Waals surface area contributed by atoms with Crippen LogP contribution in [0.3, 0.4) is 0 Å². The Labute approximate surface area is 175 Å². The summed E-state index contributed by atoms with van der Waals surface area (Å²) < 4.78 is 7.55. The normalized spacial score (nSPS) is 10.8. The Balaban J connectivity index is 1.55. The summed E-state index contributed by atoms with van der Waals surface area (Å²) in [5.41, 5.74) is 3.23. The minimum atomic E-state index is -0.211. The SMILES string of the molecule is CCOc1ccc(Br)cc1C(=O)Nc1ccc(-c2nc3ccccc3s2)cc1. The highest BCUT2D eigenvalue weighted by molar-refractivity contribution is 9.10. The van der Waals surface area contributed by atoms with E-state index < -0.39 is 0 Å². The van der Waals surface area contributed by atoms with Crippen LogP contribution >= 0.6 is 27.3 Å². The zero-order valence-corrected chi connectivity index (χ0v) is 17.5. The number of rotatable bonds is 5. The molecule has 140 valence electrons. The summed E-state index contributed by atoms with van der Waals surface area (Å²) >= 11 is 5.07. The molecule has 1 N–H and O–H groups in total. The summed E-state index contributed by atoms with van der Waals surface area (Å²) in [7, 11) is 0. The molecule has 4 aromatic rings. The monoisotopic (exact) mass is 452 g/mol. The van der Waals surface area contributed by atoms with Crippen LogP contribution in [0.15, 0.2) is 71.2 Å². The molecule has 6 heteroatoms. The average Bonchev–Trinajstić information content (AvgIpc) is 3.14. The number of nitrogens with zero attached hydrogens (tertiary/aromatic N) is 1. The number of anilines is 1. The highest BCUT2D eigenvalue weighted by Gasteiger charge is 2.14. The van der Waals surface area contributed by atoms with E-state index in [1.165, 1.54) is 0 Å². The first-order valence-corrected chi connectivity index (χ1v) is 10.4. The standard InChI is InChI=1S/C22H17BrN2O2S/c1-2-27-19-12-9-15(23)13-17(19)21(26)24-16-10-7-14(8-11-16)22-25-18-5-3-4-6-20(18)28-22/h3-13H,2H2,1H3,(H,24,26). The van der Waals surface area contributed by atoms with Crippen molar-refractivity contribution in [2.75, 3.05) is 11.9 Å². The number of halogens is 1. The van der Waals surface area contributed by atoms with Crippen molar-refractivity contribution in [3.63, 3.8) is 0 Å². The highest BCUT2D eigenvalue weighted by Crippen LogP contribution is 2.31. The van der Waals surface area contributed by atoms with Crippen LogP contribution in [-0.4, -0.2) is 17.5 Å². The molecule has 0 saturated carbocycles. The number of ether oxygens (including phenoxy) is 1. The number of aromatic nitrogens is 1. The molecule has 1 amide bonds. The first kappa shape index (κ1) is 18.7. The van der Waals surface area contributed by atoms with Crippen molar-refractivity contribution < 1.29 is 9.53 Å². The molecule has 0 aliphatic heterocycles. The number of benzene rings is 3. The largest absolute Gasteiger partial charge is 0.493 e. The quantitative estimate of drug-likeness (QED) is 0.382. The summed E-state index contributed by atoms with van der Waals surface area (Å²) in [5, 5.41) is 3.90. The molecule has 1 aromatic heterocycles. The van der Waals surface area contributed by atoms with Gasteiger partial charge in [0.1, 0.15) is 10.8 Å². The molecular weight excluding hydrogens is 436 g/mol. The molecule has 0 fully saturated rings. The van der Waals surface area contributed by atoms with Gasteiger partial charge in [0, 0.05) is 15.7 Å². The fourth-order valence-corrected chi connectivity index (χ4v) is 4.18. The Bertz CT molecular complexity index is 1110. The van der Waals surface area contributed by atoms with Crippen molar-refractivity contribution in [3.05, 3.63) is 76.8 Å². The molecule has 0 radical (unpaired) electrons. The van der Waals surface area contributed by atoms with Gasteiger partial charge < -0.3 is 10.1 Å². The lowest BCUT2D eigenvalue weighted by molar-refractivity contribution is 0.102. The molecule has 0 bridgehead atoms. The van der Waals surface area contributed by atoms with Gasteiger partial charge in [-0.15, -0.1) is 11.3 Å². The zero-order chi connectivity index (χ0) is 19.5. The van der Waals surface area contributed by atoms with Crippen LogP contribution in [0.5, 0.6) is 5.75 Å². The van der Waals surface area contributed by atoms with Gasteiger partial charge in [-0.05, 0) is 61.5 Å². The molecular formula is C22H17BrN2O2S. The molecule has 0 saturated heterocycles. The number of carbonyl (C=O) groups excluding carboxylic acids is 1. The average molecular weight is 453 g/mol. The Morgan fingerprint density at radius 1 is 1.11 bits per heavy atom. The molecule has 0 spiro atoms. The van der Waals surface area contributed by atoms with E-state index in [0.717, 1.165) is 30.9 Å². The second kappa shape index (κ2) is 8.12. The van der Waals surface area contributed by atoms with Gasteiger partial charge in [-0.25, -0.2) is 4.98 Å². The predicted octanol–water partition coefficient (Wildman–Crippen LogP) is 6.38. The van der Waals surface area contributed by atoms with Gasteiger partial charge in [0.2, 0.25) is 0 Å². The van der Waals surface area contributed by atoms with E-state index in [-0.39, 0.29) is 5.91 Å². The van der Waals surface area contributed by atoms with Gasteiger partial charge >= 0.3 is 0 Å². The van der Waals surface area contributed by atoms with Crippen molar-refractivity contribution in [2.24, 2.45) is 0 Å². The van der Waals surface area contributed by atoms with Gasteiger partial charge in [0.25, 0.3) is 5.91 Å². The zero-order valence-electron chi connectivity index (χ0n) is 15.1. The molecule has 0 aliphatic carbocycles. The number of nitrogens with one attached hydrogen (secondary N) is 1. The van der Waals surface area contributed by atoms with Crippen molar-refractivity contribution in [2.45, 2.75) is 6.92 Å².